The lowest BCUT2D eigenvalue weighted by molar-refractivity contribution is -0.148. The molecule has 4 rings (SSSR count). The fourth-order valence-corrected chi connectivity index (χ4v) is 4.92. The van der Waals surface area contributed by atoms with E-state index in [0.717, 1.165) is 5.56 Å². The Labute approximate surface area is 158 Å². The van der Waals surface area contributed by atoms with Crippen LogP contribution in [0, 0.1) is 18.8 Å². The van der Waals surface area contributed by atoms with Gasteiger partial charge in [0.25, 0.3) is 0 Å². The zero-order valence-electron chi connectivity index (χ0n) is 16.2. The third-order valence-electron chi connectivity index (χ3n) is 6.00. The summed E-state index contributed by atoms with van der Waals surface area (Å²) in [5.41, 5.74) is 0.210. The number of benzene rings is 1. The molecule has 3 aliphatic rings. The minimum atomic E-state index is -1.35. The zero-order valence-corrected chi connectivity index (χ0v) is 16.2. The second-order valence-electron chi connectivity index (χ2n) is 8.91. The first-order valence-corrected chi connectivity index (χ1v) is 9.26. The molecule has 1 aromatic rings. The molecule has 2 fully saturated rings. The predicted molar refractivity (Wildman–Crippen MR) is 98.7 cm³/mol. The molecular formula is C20H25N3O4. The number of carbonyl (C=O) groups is 3. The molecule has 5 atom stereocenters. The highest BCUT2D eigenvalue weighted by molar-refractivity contribution is 6.15. The van der Waals surface area contributed by atoms with Crippen LogP contribution in [-0.2, 0) is 19.9 Å². The van der Waals surface area contributed by atoms with Crippen molar-refractivity contribution in [1.29, 1.82) is 0 Å². The molecule has 1 spiro atoms. The average molecular weight is 371 g/mol. The van der Waals surface area contributed by atoms with Crippen LogP contribution in [0.2, 0.25) is 0 Å². The van der Waals surface area contributed by atoms with E-state index in [-0.39, 0.29) is 17.7 Å². The van der Waals surface area contributed by atoms with Gasteiger partial charge in [-0.15, -0.1) is 0 Å². The summed E-state index contributed by atoms with van der Waals surface area (Å²) in [6.07, 6.45) is -0.893. The number of fused-ring (bicyclic) bond motifs is 4. The third kappa shape index (κ3) is 2.18. The van der Waals surface area contributed by atoms with Gasteiger partial charge in [-0.2, -0.15) is 0 Å². The quantitative estimate of drug-likeness (QED) is 0.637. The smallest absolute Gasteiger partial charge is 0.250 e. The molecule has 1 aromatic carbocycles. The monoisotopic (exact) mass is 371 g/mol. The lowest BCUT2D eigenvalue weighted by Gasteiger charge is -2.35. The molecule has 0 bridgehead atoms. The van der Waals surface area contributed by atoms with Crippen molar-refractivity contribution in [1.82, 2.24) is 10.2 Å². The van der Waals surface area contributed by atoms with E-state index in [0.29, 0.717) is 11.3 Å². The number of likely N-dealkylation sites (tertiary alicyclic amines) is 1. The Morgan fingerprint density at radius 2 is 1.85 bits per heavy atom. The molecule has 0 aliphatic carbocycles. The summed E-state index contributed by atoms with van der Waals surface area (Å²) in [6.45, 7) is 8.89. The lowest BCUT2D eigenvalue weighted by atomic mass is 9.76. The summed E-state index contributed by atoms with van der Waals surface area (Å²) in [5.74, 6) is -2.71. The van der Waals surface area contributed by atoms with Crippen LogP contribution in [0.15, 0.2) is 18.2 Å². The predicted octanol–water partition coefficient (Wildman–Crippen LogP) is 0.895. The van der Waals surface area contributed by atoms with Gasteiger partial charge in [0.05, 0.1) is 17.9 Å². The molecule has 0 radical (unpaired) electrons. The number of rotatable bonds is 1. The van der Waals surface area contributed by atoms with Gasteiger partial charge in [0.15, 0.2) is 0 Å². The number of amides is 3. The first-order valence-electron chi connectivity index (χ1n) is 9.26. The number of aryl methyl sites for hydroxylation is 1. The fourth-order valence-electron chi connectivity index (χ4n) is 4.92. The Balaban J connectivity index is 1.95. The number of hydrogen-bond donors (Lipinski definition) is 3. The van der Waals surface area contributed by atoms with Gasteiger partial charge in [-0.1, -0.05) is 17.7 Å². The number of anilines is 1. The highest BCUT2D eigenvalue weighted by Gasteiger charge is 2.71. The number of carbonyl (C=O) groups excluding carboxylic acids is 3. The maximum Gasteiger partial charge on any atom is 0.250 e. The molecule has 7 heteroatoms. The van der Waals surface area contributed by atoms with Crippen molar-refractivity contribution in [3.8, 4) is 0 Å². The Morgan fingerprint density at radius 3 is 2.44 bits per heavy atom. The van der Waals surface area contributed by atoms with Gasteiger partial charge in [-0.05, 0) is 40.7 Å². The minimum Gasteiger partial charge on any atom is -0.392 e. The first-order chi connectivity index (χ1) is 12.5. The van der Waals surface area contributed by atoms with Crippen LogP contribution in [0.25, 0.3) is 0 Å². The molecule has 5 unspecified atom stereocenters. The highest BCUT2D eigenvalue weighted by atomic mass is 16.3. The van der Waals surface area contributed by atoms with E-state index >= 15 is 0 Å². The lowest BCUT2D eigenvalue weighted by Crippen LogP contribution is -2.57. The Hall–Kier alpha value is -2.25. The molecule has 3 heterocycles. The van der Waals surface area contributed by atoms with Gasteiger partial charge in [0.1, 0.15) is 5.54 Å². The fraction of sp³-hybridized carbons (Fsp3) is 0.550. The molecule has 0 aromatic heterocycles. The minimum absolute atomic E-state index is 0.332. The van der Waals surface area contributed by atoms with Crippen molar-refractivity contribution in [2.75, 3.05) is 5.32 Å². The molecular weight excluding hydrogens is 346 g/mol. The number of nitrogens with one attached hydrogen (secondary N) is 2. The Bertz CT molecular complexity index is 872. The van der Waals surface area contributed by atoms with Gasteiger partial charge < -0.3 is 10.4 Å². The van der Waals surface area contributed by atoms with Crippen molar-refractivity contribution >= 4 is 23.4 Å². The summed E-state index contributed by atoms with van der Waals surface area (Å²) < 4.78 is 0. The van der Waals surface area contributed by atoms with E-state index in [1.165, 1.54) is 4.90 Å². The van der Waals surface area contributed by atoms with Crippen molar-refractivity contribution in [2.24, 2.45) is 11.8 Å². The molecule has 27 heavy (non-hydrogen) atoms. The van der Waals surface area contributed by atoms with Crippen LogP contribution in [0.5, 0.6) is 0 Å². The zero-order chi connectivity index (χ0) is 19.9. The van der Waals surface area contributed by atoms with Crippen LogP contribution in [-0.4, -0.2) is 45.4 Å². The standard InChI is InChI=1S/C20H25N3O4/c1-9-6-7-12-11(8-9)20(18(27)21-12)14-13(15(22-20)10(2)24)16(25)23(17(14)26)19(3,4)5/h6-8,10,13-15,22,24H,1-5H3,(H,21,27). The normalized spacial score (nSPS) is 33.5. The molecule has 2 saturated heterocycles. The van der Waals surface area contributed by atoms with E-state index in [9.17, 15) is 19.5 Å². The number of aliphatic hydroxyl groups is 1. The SMILES string of the molecule is Cc1ccc2c(c1)C1(NC(C(C)O)C3C(=O)N(C(C)(C)C)C(=O)C31)C(=O)N2. The molecule has 3 aliphatic heterocycles. The highest BCUT2D eigenvalue weighted by Crippen LogP contribution is 2.54. The number of imide groups is 1. The largest absolute Gasteiger partial charge is 0.392 e. The molecule has 144 valence electrons. The van der Waals surface area contributed by atoms with Gasteiger partial charge in [0.2, 0.25) is 17.7 Å². The van der Waals surface area contributed by atoms with E-state index in [1.807, 2.05) is 25.1 Å². The average Bonchev–Trinajstić information content (AvgIpc) is 3.13. The molecule has 3 amide bonds. The Kier molecular flexibility index (Phi) is 3.62. The van der Waals surface area contributed by atoms with E-state index < -0.39 is 35.1 Å². The van der Waals surface area contributed by atoms with E-state index in [4.69, 9.17) is 0 Å². The van der Waals surface area contributed by atoms with E-state index in [2.05, 4.69) is 10.6 Å². The number of nitrogens with zero attached hydrogens (tertiary/aromatic N) is 1. The molecule has 0 saturated carbocycles. The molecule has 7 nitrogen and oxygen atoms in total. The second kappa shape index (κ2) is 5.39. The van der Waals surface area contributed by atoms with Gasteiger partial charge in [-0.3, -0.25) is 24.6 Å². The van der Waals surface area contributed by atoms with E-state index in [1.54, 1.807) is 27.7 Å². The second-order valence-corrected chi connectivity index (χ2v) is 8.91. The van der Waals surface area contributed by atoms with Crippen molar-refractivity contribution in [2.45, 2.75) is 57.8 Å². The maximum absolute atomic E-state index is 13.4. The maximum atomic E-state index is 13.4. The van der Waals surface area contributed by atoms with Crippen LogP contribution >= 0.6 is 0 Å². The van der Waals surface area contributed by atoms with Gasteiger partial charge in [0, 0.05) is 22.8 Å². The van der Waals surface area contributed by atoms with Crippen LogP contribution < -0.4 is 10.6 Å². The Morgan fingerprint density at radius 1 is 1.19 bits per heavy atom. The topological polar surface area (TPSA) is 98.7 Å². The van der Waals surface area contributed by atoms with Crippen LogP contribution in [0.4, 0.5) is 5.69 Å². The summed E-state index contributed by atoms with van der Waals surface area (Å²) >= 11 is 0. The van der Waals surface area contributed by atoms with Crippen LogP contribution in [0.3, 0.4) is 0 Å². The van der Waals surface area contributed by atoms with Crippen LogP contribution in [0.1, 0.15) is 38.8 Å². The summed E-state index contributed by atoms with van der Waals surface area (Å²) in [6, 6.07) is 4.89. The number of aliphatic hydroxyl groups excluding tert-OH is 1. The summed E-state index contributed by atoms with van der Waals surface area (Å²) in [4.78, 5) is 41.0. The van der Waals surface area contributed by atoms with Crippen molar-refractivity contribution < 1.29 is 19.5 Å². The summed E-state index contributed by atoms with van der Waals surface area (Å²) in [5, 5.41) is 16.4. The van der Waals surface area contributed by atoms with Crippen molar-refractivity contribution in [3.63, 3.8) is 0 Å². The van der Waals surface area contributed by atoms with Gasteiger partial charge >= 0.3 is 0 Å². The third-order valence-corrected chi connectivity index (χ3v) is 6.00. The van der Waals surface area contributed by atoms with Crippen molar-refractivity contribution in [3.05, 3.63) is 29.3 Å². The van der Waals surface area contributed by atoms with Gasteiger partial charge in [-0.25, -0.2) is 0 Å². The number of hydrogen-bond acceptors (Lipinski definition) is 5. The molecule has 3 N–H and O–H groups in total. The first kappa shape index (κ1) is 18.1. The summed E-state index contributed by atoms with van der Waals surface area (Å²) in [7, 11) is 0.